The molecule has 2 rings (SSSR count). The number of ether oxygens (including phenoxy) is 1. The maximum Gasteiger partial charge on any atom is 0.131 e. The van der Waals surface area contributed by atoms with Crippen LogP contribution in [-0.2, 0) is 4.74 Å². The van der Waals surface area contributed by atoms with Crippen LogP contribution >= 0.6 is 0 Å². The van der Waals surface area contributed by atoms with Crippen molar-refractivity contribution in [3.63, 3.8) is 0 Å². The SMILES string of the molecule is Fc1cccc(C#CC2CNCCO2)c1. The van der Waals surface area contributed by atoms with Gasteiger partial charge in [-0.25, -0.2) is 4.39 Å². The van der Waals surface area contributed by atoms with Gasteiger partial charge in [-0.3, -0.25) is 0 Å². The van der Waals surface area contributed by atoms with Crippen molar-refractivity contribution in [2.45, 2.75) is 6.10 Å². The normalized spacial score (nSPS) is 20.5. The second-order valence-corrected chi connectivity index (χ2v) is 3.34. The highest BCUT2D eigenvalue weighted by Crippen LogP contribution is 2.02. The molecule has 0 aromatic heterocycles. The maximum atomic E-state index is 12.8. The zero-order valence-electron chi connectivity index (χ0n) is 8.29. The zero-order chi connectivity index (χ0) is 10.5. The van der Waals surface area contributed by atoms with Crippen molar-refractivity contribution < 1.29 is 9.13 Å². The van der Waals surface area contributed by atoms with E-state index >= 15 is 0 Å². The van der Waals surface area contributed by atoms with Crippen LogP contribution in [0, 0.1) is 17.7 Å². The number of nitrogens with one attached hydrogen (secondary N) is 1. The quantitative estimate of drug-likeness (QED) is 0.642. The predicted molar refractivity (Wildman–Crippen MR) is 55.9 cm³/mol. The Bertz CT molecular complexity index is 388. The lowest BCUT2D eigenvalue weighted by Gasteiger charge is -2.18. The van der Waals surface area contributed by atoms with Gasteiger partial charge in [0, 0.05) is 18.7 Å². The Kier molecular flexibility index (Phi) is 3.33. The summed E-state index contributed by atoms with van der Waals surface area (Å²) in [6, 6.07) is 6.26. The molecule has 1 unspecified atom stereocenters. The van der Waals surface area contributed by atoms with E-state index < -0.39 is 0 Å². The maximum absolute atomic E-state index is 12.8. The van der Waals surface area contributed by atoms with Crippen LogP contribution < -0.4 is 5.32 Å². The topological polar surface area (TPSA) is 21.3 Å². The van der Waals surface area contributed by atoms with Gasteiger partial charge in [0.1, 0.15) is 11.9 Å². The fourth-order valence-electron chi connectivity index (χ4n) is 1.39. The average molecular weight is 205 g/mol. The summed E-state index contributed by atoms with van der Waals surface area (Å²) in [6.07, 6.45) is -0.0815. The Morgan fingerprint density at radius 3 is 3.13 bits per heavy atom. The second-order valence-electron chi connectivity index (χ2n) is 3.34. The summed E-state index contributed by atoms with van der Waals surface area (Å²) in [5, 5.41) is 3.18. The van der Waals surface area contributed by atoms with Crippen LogP contribution in [0.15, 0.2) is 24.3 Å². The van der Waals surface area contributed by atoms with Crippen molar-refractivity contribution in [3.05, 3.63) is 35.6 Å². The molecule has 0 saturated carbocycles. The largest absolute Gasteiger partial charge is 0.363 e. The molecule has 1 aromatic carbocycles. The number of morpholine rings is 1. The molecule has 1 aliphatic heterocycles. The van der Waals surface area contributed by atoms with Gasteiger partial charge < -0.3 is 10.1 Å². The summed E-state index contributed by atoms with van der Waals surface area (Å²) in [5.74, 6) is 5.60. The Morgan fingerprint density at radius 2 is 2.40 bits per heavy atom. The molecule has 1 atom stereocenters. The van der Waals surface area contributed by atoms with Crippen molar-refractivity contribution in [2.75, 3.05) is 19.7 Å². The van der Waals surface area contributed by atoms with E-state index in [1.807, 2.05) is 0 Å². The molecule has 1 N–H and O–H groups in total. The van der Waals surface area contributed by atoms with E-state index in [0.717, 1.165) is 13.1 Å². The van der Waals surface area contributed by atoms with Crippen LogP contribution in [0.25, 0.3) is 0 Å². The predicted octanol–water partition coefficient (Wildman–Crippen LogP) is 1.17. The minimum Gasteiger partial charge on any atom is -0.363 e. The molecule has 3 heteroatoms. The Hall–Kier alpha value is -1.37. The average Bonchev–Trinajstić information content (AvgIpc) is 2.28. The third-order valence-corrected chi connectivity index (χ3v) is 2.13. The fourth-order valence-corrected chi connectivity index (χ4v) is 1.39. The molecule has 78 valence electrons. The highest BCUT2D eigenvalue weighted by Gasteiger charge is 2.08. The van der Waals surface area contributed by atoms with E-state index in [1.165, 1.54) is 12.1 Å². The first-order valence-corrected chi connectivity index (χ1v) is 4.94. The lowest BCUT2D eigenvalue weighted by atomic mass is 10.2. The van der Waals surface area contributed by atoms with Crippen LogP contribution in [-0.4, -0.2) is 25.8 Å². The molecular formula is C12H12FNO. The zero-order valence-corrected chi connectivity index (χ0v) is 8.29. The number of benzene rings is 1. The molecular weight excluding hydrogens is 193 g/mol. The third kappa shape index (κ3) is 3.05. The van der Waals surface area contributed by atoms with E-state index in [9.17, 15) is 4.39 Å². The smallest absolute Gasteiger partial charge is 0.131 e. The number of rotatable bonds is 0. The van der Waals surface area contributed by atoms with Gasteiger partial charge in [0.15, 0.2) is 0 Å². The Morgan fingerprint density at radius 1 is 1.47 bits per heavy atom. The van der Waals surface area contributed by atoms with E-state index in [-0.39, 0.29) is 11.9 Å². The summed E-state index contributed by atoms with van der Waals surface area (Å²) < 4.78 is 18.2. The molecule has 1 heterocycles. The van der Waals surface area contributed by atoms with Gasteiger partial charge in [-0.1, -0.05) is 17.9 Å². The molecule has 0 amide bonds. The highest BCUT2D eigenvalue weighted by atomic mass is 19.1. The minimum absolute atomic E-state index is 0.0815. The van der Waals surface area contributed by atoms with E-state index in [2.05, 4.69) is 17.2 Å². The second kappa shape index (κ2) is 4.92. The van der Waals surface area contributed by atoms with Crippen LogP contribution in [0.4, 0.5) is 4.39 Å². The van der Waals surface area contributed by atoms with E-state index in [1.54, 1.807) is 12.1 Å². The van der Waals surface area contributed by atoms with Crippen molar-refractivity contribution in [1.82, 2.24) is 5.32 Å². The van der Waals surface area contributed by atoms with Gasteiger partial charge in [-0.2, -0.15) is 0 Å². The van der Waals surface area contributed by atoms with Gasteiger partial charge in [0.05, 0.1) is 6.61 Å². The lowest BCUT2D eigenvalue weighted by Crippen LogP contribution is -2.37. The van der Waals surface area contributed by atoms with Gasteiger partial charge in [-0.15, -0.1) is 0 Å². The minimum atomic E-state index is -0.260. The van der Waals surface area contributed by atoms with Crippen molar-refractivity contribution >= 4 is 0 Å². The Balaban J connectivity index is 2.03. The summed E-state index contributed by atoms with van der Waals surface area (Å²) in [5.41, 5.74) is 0.684. The van der Waals surface area contributed by atoms with Crippen LogP contribution in [0.2, 0.25) is 0 Å². The highest BCUT2D eigenvalue weighted by molar-refractivity contribution is 5.35. The monoisotopic (exact) mass is 205 g/mol. The standard InChI is InChI=1S/C12H12FNO/c13-11-3-1-2-10(8-11)4-5-12-9-14-6-7-15-12/h1-3,8,12,14H,6-7,9H2. The molecule has 1 aromatic rings. The first-order valence-electron chi connectivity index (χ1n) is 4.94. The molecule has 0 radical (unpaired) electrons. The van der Waals surface area contributed by atoms with Crippen molar-refractivity contribution in [1.29, 1.82) is 0 Å². The molecule has 2 nitrogen and oxygen atoms in total. The van der Waals surface area contributed by atoms with Crippen LogP contribution in [0.5, 0.6) is 0 Å². The van der Waals surface area contributed by atoms with Crippen molar-refractivity contribution in [2.24, 2.45) is 0 Å². The first kappa shape index (κ1) is 10.2. The van der Waals surface area contributed by atoms with E-state index in [0.29, 0.717) is 12.2 Å². The molecule has 0 bridgehead atoms. The number of hydrogen-bond donors (Lipinski definition) is 1. The lowest BCUT2D eigenvalue weighted by molar-refractivity contribution is 0.0651. The van der Waals surface area contributed by atoms with Gasteiger partial charge in [0.25, 0.3) is 0 Å². The molecule has 1 saturated heterocycles. The summed E-state index contributed by atoms with van der Waals surface area (Å²) in [7, 11) is 0. The summed E-state index contributed by atoms with van der Waals surface area (Å²) in [4.78, 5) is 0. The van der Waals surface area contributed by atoms with Gasteiger partial charge in [-0.05, 0) is 18.2 Å². The molecule has 0 spiro atoms. The molecule has 1 fully saturated rings. The van der Waals surface area contributed by atoms with Gasteiger partial charge in [0.2, 0.25) is 0 Å². The molecule has 1 aliphatic rings. The van der Waals surface area contributed by atoms with Crippen LogP contribution in [0.3, 0.4) is 0 Å². The van der Waals surface area contributed by atoms with Crippen LogP contribution in [0.1, 0.15) is 5.56 Å². The van der Waals surface area contributed by atoms with Gasteiger partial charge >= 0.3 is 0 Å². The number of halogens is 1. The summed E-state index contributed by atoms with van der Waals surface area (Å²) >= 11 is 0. The molecule has 0 aliphatic carbocycles. The third-order valence-electron chi connectivity index (χ3n) is 2.13. The summed E-state index contributed by atoms with van der Waals surface area (Å²) in [6.45, 7) is 2.29. The van der Waals surface area contributed by atoms with E-state index in [4.69, 9.17) is 4.74 Å². The first-order chi connectivity index (χ1) is 7.34. The molecule has 15 heavy (non-hydrogen) atoms. The fraction of sp³-hybridized carbons (Fsp3) is 0.333. The van der Waals surface area contributed by atoms with Crippen molar-refractivity contribution in [3.8, 4) is 11.8 Å². The number of hydrogen-bond acceptors (Lipinski definition) is 2. The Labute approximate surface area is 88.4 Å².